The molecule has 1 N–H and O–H groups in total. The molecule has 9 heteroatoms. The standard InChI is InChI=1S/C22H21F2N3O4/c1-13-27(22(2,3)21(29)25-17-12-15(23)10-11-16(17)24)20(28)18(19(31-13)26-30-4)14-8-6-5-7-9-14/h5-12,18H,1H2,2-4H3,(H,25,29). The Morgan fingerprint density at radius 3 is 2.55 bits per heavy atom. The van der Waals surface area contributed by atoms with Gasteiger partial charge in [-0.2, -0.15) is 0 Å². The molecule has 0 aliphatic carbocycles. The van der Waals surface area contributed by atoms with Crippen molar-refractivity contribution in [3.05, 3.63) is 78.2 Å². The van der Waals surface area contributed by atoms with Gasteiger partial charge in [-0.1, -0.05) is 35.5 Å². The zero-order chi connectivity index (χ0) is 22.8. The van der Waals surface area contributed by atoms with Crippen molar-refractivity contribution < 1.29 is 27.9 Å². The Bertz CT molecular complexity index is 1050. The third-order valence-electron chi connectivity index (χ3n) is 4.79. The van der Waals surface area contributed by atoms with Crippen molar-refractivity contribution in [1.82, 2.24) is 4.90 Å². The molecular weight excluding hydrogens is 408 g/mol. The first kappa shape index (κ1) is 21.9. The van der Waals surface area contributed by atoms with Gasteiger partial charge < -0.3 is 14.9 Å². The van der Waals surface area contributed by atoms with Crippen molar-refractivity contribution in [2.24, 2.45) is 5.16 Å². The van der Waals surface area contributed by atoms with Crippen molar-refractivity contribution in [3.8, 4) is 0 Å². The van der Waals surface area contributed by atoms with Gasteiger partial charge in [-0.25, -0.2) is 8.78 Å². The summed E-state index contributed by atoms with van der Waals surface area (Å²) >= 11 is 0. The van der Waals surface area contributed by atoms with Crippen LogP contribution >= 0.6 is 0 Å². The van der Waals surface area contributed by atoms with E-state index in [0.717, 1.165) is 23.1 Å². The maximum Gasteiger partial charge on any atom is 0.250 e. The summed E-state index contributed by atoms with van der Waals surface area (Å²) in [4.78, 5) is 32.3. The van der Waals surface area contributed by atoms with E-state index < -0.39 is 34.9 Å². The van der Waals surface area contributed by atoms with Crippen molar-refractivity contribution in [3.63, 3.8) is 0 Å². The van der Waals surface area contributed by atoms with Gasteiger partial charge >= 0.3 is 0 Å². The first-order chi connectivity index (χ1) is 14.7. The first-order valence-electron chi connectivity index (χ1n) is 9.30. The second-order valence-electron chi connectivity index (χ2n) is 7.26. The van der Waals surface area contributed by atoms with E-state index in [4.69, 9.17) is 9.57 Å². The normalized spacial score (nSPS) is 18.0. The second kappa shape index (κ2) is 8.55. The number of anilines is 1. The molecule has 1 aliphatic rings. The number of hydrogen-bond donors (Lipinski definition) is 1. The number of oxime groups is 1. The molecule has 0 spiro atoms. The van der Waals surface area contributed by atoms with Gasteiger partial charge in [-0.3, -0.25) is 14.5 Å². The second-order valence-corrected chi connectivity index (χ2v) is 7.26. The van der Waals surface area contributed by atoms with Gasteiger partial charge in [0.2, 0.25) is 17.7 Å². The summed E-state index contributed by atoms with van der Waals surface area (Å²) in [6.45, 7) is 6.60. The van der Waals surface area contributed by atoms with Gasteiger partial charge in [0.15, 0.2) is 5.88 Å². The highest BCUT2D eigenvalue weighted by atomic mass is 19.1. The molecule has 1 heterocycles. The number of ether oxygens (including phenoxy) is 1. The molecule has 3 rings (SSSR count). The fourth-order valence-corrected chi connectivity index (χ4v) is 3.23. The van der Waals surface area contributed by atoms with Gasteiger partial charge in [0.1, 0.15) is 30.2 Å². The van der Waals surface area contributed by atoms with E-state index in [2.05, 4.69) is 17.1 Å². The van der Waals surface area contributed by atoms with Gasteiger partial charge in [0.25, 0.3) is 0 Å². The lowest BCUT2D eigenvalue weighted by molar-refractivity contribution is -0.145. The molecule has 0 bridgehead atoms. The molecule has 1 fully saturated rings. The van der Waals surface area contributed by atoms with Crippen LogP contribution in [0, 0.1) is 11.6 Å². The summed E-state index contributed by atoms with van der Waals surface area (Å²) in [6.07, 6.45) is 0. The number of amides is 2. The minimum Gasteiger partial charge on any atom is -0.423 e. The quantitative estimate of drug-likeness (QED) is 0.734. The smallest absolute Gasteiger partial charge is 0.250 e. The van der Waals surface area contributed by atoms with E-state index in [1.54, 1.807) is 30.3 Å². The molecule has 162 valence electrons. The average Bonchev–Trinajstić information content (AvgIpc) is 2.71. The van der Waals surface area contributed by atoms with Crippen LogP contribution in [0.25, 0.3) is 0 Å². The zero-order valence-corrected chi connectivity index (χ0v) is 17.2. The van der Waals surface area contributed by atoms with Crippen LogP contribution in [-0.2, 0) is 19.2 Å². The molecule has 7 nitrogen and oxygen atoms in total. The Morgan fingerprint density at radius 1 is 1.23 bits per heavy atom. The van der Waals surface area contributed by atoms with E-state index >= 15 is 0 Å². The maximum absolute atomic E-state index is 14.0. The lowest BCUT2D eigenvalue weighted by Gasteiger charge is -2.42. The third-order valence-corrected chi connectivity index (χ3v) is 4.79. The minimum absolute atomic E-state index is 0.0349. The maximum atomic E-state index is 14.0. The molecule has 2 aromatic carbocycles. The van der Waals surface area contributed by atoms with Crippen LogP contribution in [0.15, 0.2) is 66.1 Å². The van der Waals surface area contributed by atoms with Crippen LogP contribution in [0.2, 0.25) is 0 Å². The van der Waals surface area contributed by atoms with E-state index in [1.807, 2.05) is 0 Å². The first-order valence-corrected chi connectivity index (χ1v) is 9.30. The molecule has 0 aromatic heterocycles. The largest absolute Gasteiger partial charge is 0.423 e. The topological polar surface area (TPSA) is 80.2 Å². The number of hydrogen-bond acceptors (Lipinski definition) is 5. The minimum atomic E-state index is -1.57. The molecule has 1 aliphatic heterocycles. The monoisotopic (exact) mass is 429 g/mol. The van der Waals surface area contributed by atoms with Crippen molar-refractivity contribution in [2.75, 3.05) is 12.4 Å². The highest BCUT2D eigenvalue weighted by Gasteiger charge is 2.49. The van der Waals surface area contributed by atoms with Gasteiger partial charge in [0.05, 0.1) is 5.69 Å². The molecule has 2 aromatic rings. The van der Waals surface area contributed by atoms with Crippen LogP contribution in [0.1, 0.15) is 25.3 Å². The average molecular weight is 429 g/mol. The summed E-state index contributed by atoms with van der Waals surface area (Å²) in [5.74, 6) is -4.04. The van der Waals surface area contributed by atoms with Gasteiger partial charge in [0, 0.05) is 6.07 Å². The summed E-state index contributed by atoms with van der Waals surface area (Å²) in [5.41, 5.74) is -1.36. The number of nitrogens with one attached hydrogen (secondary N) is 1. The van der Waals surface area contributed by atoms with Crippen LogP contribution in [0.3, 0.4) is 0 Å². The molecule has 1 unspecified atom stereocenters. The van der Waals surface area contributed by atoms with Crippen molar-refractivity contribution in [2.45, 2.75) is 25.3 Å². The molecule has 1 atom stereocenters. The van der Waals surface area contributed by atoms with Gasteiger partial charge in [-0.15, -0.1) is 0 Å². The fourth-order valence-electron chi connectivity index (χ4n) is 3.23. The zero-order valence-electron chi connectivity index (χ0n) is 17.2. The summed E-state index contributed by atoms with van der Waals surface area (Å²) < 4.78 is 33.1. The molecule has 0 saturated carbocycles. The number of carbonyl (C=O) groups excluding carboxylic acids is 2. The summed E-state index contributed by atoms with van der Waals surface area (Å²) in [6, 6.07) is 11.4. The van der Waals surface area contributed by atoms with E-state index in [1.165, 1.54) is 21.0 Å². The Kier molecular flexibility index (Phi) is 6.05. The molecule has 2 amide bonds. The van der Waals surface area contributed by atoms with Crippen LogP contribution in [0.5, 0.6) is 0 Å². The number of nitrogens with zero attached hydrogens (tertiary/aromatic N) is 2. The Balaban J connectivity index is 1.96. The molecular formula is C22H21F2N3O4. The van der Waals surface area contributed by atoms with Crippen LogP contribution in [0.4, 0.5) is 14.5 Å². The van der Waals surface area contributed by atoms with Crippen molar-refractivity contribution in [1.29, 1.82) is 0 Å². The van der Waals surface area contributed by atoms with Crippen LogP contribution in [-0.4, -0.2) is 35.3 Å². The predicted molar refractivity (Wildman–Crippen MR) is 110 cm³/mol. The molecule has 1 saturated heterocycles. The highest BCUT2D eigenvalue weighted by molar-refractivity contribution is 6.11. The number of rotatable bonds is 5. The Hall–Kier alpha value is -3.75. The number of halogens is 2. The predicted octanol–water partition coefficient (Wildman–Crippen LogP) is 3.76. The number of carbonyl (C=O) groups is 2. The van der Waals surface area contributed by atoms with E-state index in [9.17, 15) is 18.4 Å². The van der Waals surface area contributed by atoms with E-state index in [0.29, 0.717) is 5.56 Å². The molecule has 0 radical (unpaired) electrons. The summed E-state index contributed by atoms with van der Waals surface area (Å²) in [7, 11) is 1.31. The Morgan fingerprint density at radius 2 is 1.90 bits per heavy atom. The van der Waals surface area contributed by atoms with Crippen molar-refractivity contribution >= 4 is 23.4 Å². The Labute approximate surface area is 177 Å². The fraction of sp³-hybridized carbons (Fsp3) is 0.227. The third kappa shape index (κ3) is 4.25. The van der Waals surface area contributed by atoms with Gasteiger partial charge in [-0.05, 0) is 38.1 Å². The number of benzene rings is 2. The van der Waals surface area contributed by atoms with E-state index in [-0.39, 0.29) is 17.5 Å². The van der Waals surface area contributed by atoms with Crippen LogP contribution < -0.4 is 5.32 Å². The summed E-state index contributed by atoms with van der Waals surface area (Å²) in [5, 5.41) is 6.11. The highest BCUT2D eigenvalue weighted by Crippen LogP contribution is 2.35. The molecule has 31 heavy (non-hydrogen) atoms. The lowest BCUT2D eigenvalue weighted by atomic mass is 9.92. The SMILES string of the molecule is C=C1OC(=NOC)C(c2ccccc2)C(=O)N1C(C)(C)C(=O)Nc1cc(F)ccc1F. The lowest BCUT2D eigenvalue weighted by Crippen LogP contribution is -2.59.